The summed E-state index contributed by atoms with van der Waals surface area (Å²) < 4.78 is 28.2. The van der Waals surface area contributed by atoms with E-state index in [4.69, 9.17) is 4.74 Å². The van der Waals surface area contributed by atoms with Crippen molar-refractivity contribution in [1.82, 2.24) is 4.90 Å². The summed E-state index contributed by atoms with van der Waals surface area (Å²) in [5, 5.41) is 0. The zero-order valence-corrected chi connectivity index (χ0v) is 12.9. The van der Waals surface area contributed by atoms with E-state index < -0.39 is 9.84 Å². The zero-order valence-electron chi connectivity index (χ0n) is 12.1. The third-order valence-electron chi connectivity index (χ3n) is 3.22. The maximum absolute atomic E-state index is 11.7. The first kappa shape index (κ1) is 16.4. The molecule has 1 aliphatic rings. The molecule has 0 radical (unpaired) electrons. The van der Waals surface area contributed by atoms with Gasteiger partial charge in [0, 0.05) is 6.04 Å². The highest BCUT2D eigenvalue weighted by molar-refractivity contribution is 7.91. The number of carbonyl (C=O) groups is 1. The van der Waals surface area contributed by atoms with Crippen LogP contribution in [-0.2, 0) is 19.4 Å². The molecule has 5 nitrogen and oxygen atoms in total. The molecule has 1 fully saturated rings. The normalized spacial score (nSPS) is 22.1. The third-order valence-corrected chi connectivity index (χ3v) is 4.97. The lowest BCUT2D eigenvalue weighted by molar-refractivity contribution is -0.149. The van der Waals surface area contributed by atoms with Gasteiger partial charge in [-0.3, -0.25) is 9.69 Å². The molecule has 0 N–H and O–H groups in total. The Labute approximate surface area is 116 Å². The molecule has 0 saturated carbocycles. The minimum atomic E-state index is -2.92. The van der Waals surface area contributed by atoms with Crippen LogP contribution >= 0.6 is 0 Å². The standard InChI is InChI=1S/C13H25NO4S/c1-4-5-7-14(9-13(15)18-11(2)3)12-6-8-19(16,17)10-12/h11-12H,4-10H2,1-3H3. The van der Waals surface area contributed by atoms with Crippen molar-refractivity contribution in [3.8, 4) is 0 Å². The Morgan fingerprint density at radius 2 is 2.11 bits per heavy atom. The van der Waals surface area contributed by atoms with Crippen LogP contribution in [-0.4, -0.2) is 56.0 Å². The Morgan fingerprint density at radius 3 is 2.58 bits per heavy atom. The van der Waals surface area contributed by atoms with Crippen LogP contribution in [0.1, 0.15) is 40.0 Å². The molecule has 0 aromatic heterocycles. The van der Waals surface area contributed by atoms with Crippen molar-refractivity contribution in [2.24, 2.45) is 0 Å². The summed E-state index contributed by atoms with van der Waals surface area (Å²) in [6, 6.07) is -0.0312. The van der Waals surface area contributed by atoms with Gasteiger partial charge in [0.25, 0.3) is 0 Å². The molecule has 0 bridgehead atoms. The summed E-state index contributed by atoms with van der Waals surface area (Å²) >= 11 is 0. The highest BCUT2D eigenvalue weighted by atomic mass is 32.2. The highest BCUT2D eigenvalue weighted by Crippen LogP contribution is 2.18. The fraction of sp³-hybridized carbons (Fsp3) is 0.923. The number of esters is 1. The van der Waals surface area contributed by atoms with Gasteiger partial charge in [0.15, 0.2) is 9.84 Å². The number of unbranched alkanes of at least 4 members (excludes halogenated alkanes) is 1. The topological polar surface area (TPSA) is 63.7 Å². The Balaban J connectivity index is 2.59. The second kappa shape index (κ2) is 7.24. The quantitative estimate of drug-likeness (QED) is 0.660. The van der Waals surface area contributed by atoms with Crippen LogP contribution in [0.3, 0.4) is 0 Å². The van der Waals surface area contributed by atoms with E-state index in [1.165, 1.54) is 0 Å². The second-order valence-electron chi connectivity index (χ2n) is 5.42. The van der Waals surface area contributed by atoms with Gasteiger partial charge in [-0.05, 0) is 33.2 Å². The van der Waals surface area contributed by atoms with Crippen molar-refractivity contribution in [3.05, 3.63) is 0 Å². The van der Waals surface area contributed by atoms with Crippen LogP contribution in [0.25, 0.3) is 0 Å². The lowest BCUT2D eigenvalue weighted by atomic mass is 10.2. The van der Waals surface area contributed by atoms with E-state index >= 15 is 0 Å². The van der Waals surface area contributed by atoms with Gasteiger partial charge in [0.1, 0.15) is 0 Å². The highest BCUT2D eigenvalue weighted by Gasteiger charge is 2.33. The van der Waals surface area contributed by atoms with Gasteiger partial charge in [0.2, 0.25) is 0 Å². The molecule has 1 heterocycles. The summed E-state index contributed by atoms with van der Waals surface area (Å²) in [6.07, 6.45) is 2.48. The van der Waals surface area contributed by atoms with Crippen LogP contribution < -0.4 is 0 Å². The summed E-state index contributed by atoms with van der Waals surface area (Å²) in [4.78, 5) is 13.7. The Morgan fingerprint density at radius 1 is 1.42 bits per heavy atom. The molecule has 0 aromatic rings. The largest absolute Gasteiger partial charge is 0.462 e. The molecule has 0 aliphatic carbocycles. The van der Waals surface area contributed by atoms with E-state index in [-0.39, 0.29) is 36.2 Å². The minimum Gasteiger partial charge on any atom is -0.462 e. The van der Waals surface area contributed by atoms with E-state index in [0.29, 0.717) is 6.42 Å². The predicted octanol–water partition coefficient (Wildman–Crippen LogP) is 1.23. The van der Waals surface area contributed by atoms with Crippen molar-refractivity contribution in [2.75, 3.05) is 24.6 Å². The van der Waals surface area contributed by atoms with Crippen LogP contribution in [0.4, 0.5) is 0 Å². The minimum absolute atomic E-state index is 0.0312. The summed E-state index contributed by atoms with van der Waals surface area (Å²) in [5.41, 5.74) is 0. The number of hydrogen-bond donors (Lipinski definition) is 0. The van der Waals surface area contributed by atoms with Gasteiger partial charge >= 0.3 is 5.97 Å². The molecule has 1 unspecified atom stereocenters. The molecule has 0 amide bonds. The molecular formula is C13H25NO4S. The monoisotopic (exact) mass is 291 g/mol. The number of nitrogens with zero attached hydrogens (tertiary/aromatic N) is 1. The van der Waals surface area contributed by atoms with Crippen molar-refractivity contribution in [2.45, 2.75) is 52.2 Å². The molecule has 1 atom stereocenters. The second-order valence-corrected chi connectivity index (χ2v) is 7.65. The fourth-order valence-corrected chi connectivity index (χ4v) is 4.04. The van der Waals surface area contributed by atoms with Crippen LogP contribution in [0.2, 0.25) is 0 Å². The van der Waals surface area contributed by atoms with E-state index in [9.17, 15) is 13.2 Å². The van der Waals surface area contributed by atoms with Crippen LogP contribution in [0, 0.1) is 0 Å². The van der Waals surface area contributed by atoms with Gasteiger partial charge in [-0.15, -0.1) is 0 Å². The SMILES string of the molecule is CCCCN(CC(=O)OC(C)C)C1CCS(=O)(=O)C1. The number of rotatable bonds is 7. The van der Waals surface area contributed by atoms with Gasteiger partial charge in [-0.1, -0.05) is 13.3 Å². The Bertz CT molecular complexity index is 391. The molecule has 112 valence electrons. The smallest absolute Gasteiger partial charge is 0.320 e. The lowest BCUT2D eigenvalue weighted by Gasteiger charge is -2.27. The van der Waals surface area contributed by atoms with E-state index in [0.717, 1.165) is 19.4 Å². The molecule has 0 spiro atoms. The van der Waals surface area contributed by atoms with E-state index in [2.05, 4.69) is 6.92 Å². The van der Waals surface area contributed by atoms with E-state index in [1.807, 2.05) is 18.7 Å². The fourth-order valence-electron chi connectivity index (χ4n) is 2.28. The zero-order chi connectivity index (χ0) is 14.5. The van der Waals surface area contributed by atoms with Crippen molar-refractivity contribution in [3.63, 3.8) is 0 Å². The number of hydrogen-bond acceptors (Lipinski definition) is 5. The summed E-state index contributed by atoms with van der Waals surface area (Å²) in [5.74, 6) is 0.140. The maximum Gasteiger partial charge on any atom is 0.320 e. The van der Waals surface area contributed by atoms with Crippen molar-refractivity contribution < 1.29 is 17.9 Å². The first-order valence-electron chi connectivity index (χ1n) is 6.98. The molecule has 1 saturated heterocycles. The lowest BCUT2D eigenvalue weighted by Crippen LogP contribution is -2.41. The van der Waals surface area contributed by atoms with Gasteiger partial charge in [-0.25, -0.2) is 8.42 Å². The number of sulfone groups is 1. The van der Waals surface area contributed by atoms with Crippen LogP contribution in [0.5, 0.6) is 0 Å². The first-order valence-corrected chi connectivity index (χ1v) is 8.80. The number of ether oxygens (including phenoxy) is 1. The third kappa shape index (κ3) is 5.91. The average Bonchev–Trinajstić information content (AvgIpc) is 2.63. The Hall–Kier alpha value is -0.620. The van der Waals surface area contributed by atoms with Gasteiger partial charge in [0.05, 0.1) is 24.2 Å². The van der Waals surface area contributed by atoms with Crippen LogP contribution in [0.15, 0.2) is 0 Å². The summed E-state index contributed by atoms with van der Waals surface area (Å²) in [6.45, 7) is 6.65. The molecule has 6 heteroatoms. The molecule has 1 aliphatic heterocycles. The maximum atomic E-state index is 11.7. The Kier molecular flexibility index (Phi) is 6.26. The van der Waals surface area contributed by atoms with Gasteiger partial charge < -0.3 is 4.74 Å². The molecule has 19 heavy (non-hydrogen) atoms. The van der Waals surface area contributed by atoms with E-state index in [1.54, 1.807) is 0 Å². The van der Waals surface area contributed by atoms with Crippen molar-refractivity contribution in [1.29, 1.82) is 0 Å². The van der Waals surface area contributed by atoms with Gasteiger partial charge in [-0.2, -0.15) is 0 Å². The predicted molar refractivity (Wildman–Crippen MR) is 74.8 cm³/mol. The molecular weight excluding hydrogens is 266 g/mol. The number of carbonyl (C=O) groups excluding carboxylic acids is 1. The molecule has 0 aromatic carbocycles. The first-order chi connectivity index (χ1) is 8.84. The summed E-state index contributed by atoms with van der Waals surface area (Å²) in [7, 11) is -2.92. The van der Waals surface area contributed by atoms with Crippen molar-refractivity contribution >= 4 is 15.8 Å². The molecule has 1 rings (SSSR count). The average molecular weight is 291 g/mol.